The molecule has 0 saturated heterocycles. The van der Waals surface area contributed by atoms with Crippen LogP contribution in [-0.4, -0.2) is 24.6 Å². The Labute approximate surface area is 175 Å². The number of ether oxygens (including phenoxy) is 1. The van der Waals surface area contributed by atoms with Gasteiger partial charge in [-0.3, -0.25) is 10.3 Å². The van der Waals surface area contributed by atoms with Crippen LogP contribution in [0.5, 0.6) is 0 Å². The molecule has 0 aliphatic heterocycles. The number of allylic oxidation sites excluding steroid dienone is 4. The van der Waals surface area contributed by atoms with Gasteiger partial charge in [-0.05, 0) is 43.7 Å². The summed E-state index contributed by atoms with van der Waals surface area (Å²) in [6, 6.07) is 5.02. The monoisotopic (exact) mass is 407 g/mol. The Morgan fingerprint density at radius 3 is 2.38 bits per heavy atom. The Bertz CT molecular complexity index is 681. The van der Waals surface area contributed by atoms with Crippen LogP contribution in [0.2, 0.25) is 0 Å². The van der Waals surface area contributed by atoms with Crippen molar-refractivity contribution in [2.75, 3.05) is 17.7 Å². The number of nitrogens with two attached hydrogens (primary N) is 1. The number of nitrogens with zero attached hydrogens (tertiary/aromatic N) is 1. The SMILES string of the molecule is CC.CC.CC.CCOC(=O)Nc1ccc(N=CC2=CCC(C)(F)C=C2)cc1N. The number of hydrogen-bond acceptors (Lipinski definition) is 4. The van der Waals surface area contributed by atoms with Crippen molar-refractivity contribution in [3.05, 3.63) is 42.0 Å². The van der Waals surface area contributed by atoms with Gasteiger partial charge in [0.1, 0.15) is 5.67 Å². The van der Waals surface area contributed by atoms with Crippen LogP contribution >= 0.6 is 0 Å². The van der Waals surface area contributed by atoms with Gasteiger partial charge in [0.15, 0.2) is 0 Å². The Kier molecular flexibility index (Phi) is 16.1. The molecule has 0 radical (unpaired) electrons. The fraction of sp³-hybridized carbons (Fsp3) is 0.478. The Morgan fingerprint density at radius 2 is 1.90 bits per heavy atom. The van der Waals surface area contributed by atoms with Crippen LogP contribution < -0.4 is 11.1 Å². The molecule has 0 saturated carbocycles. The first-order chi connectivity index (χ1) is 13.9. The molecule has 5 nitrogen and oxygen atoms in total. The molecule has 1 atom stereocenters. The zero-order chi connectivity index (χ0) is 22.9. The van der Waals surface area contributed by atoms with E-state index in [1.54, 1.807) is 43.5 Å². The molecule has 2 rings (SSSR count). The molecule has 0 heterocycles. The van der Waals surface area contributed by atoms with Crippen molar-refractivity contribution in [1.29, 1.82) is 0 Å². The summed E-state index contributed by atoms with van der Waals surface area (Å²) < 4.78 is 18.4. The van der Waals surface area contributed by atoms with Crippen LogP contribution in [-0.2, 0) is 4.74 Å². The molecule has 1 aliphatic rings. The van der Waals surface area contributed by atoms with Gasteiger partial charge in [-0.15, -0.1) is 0 Å². The number of nitrogen functional groups attached to an aromatic ring is 1. The quantitative estimate of drug-likeness (QED) is 0.408. The van der Waals surface area contributed by atoms with Crippen molar-refractivity contribution in [2.45, 2.75) is 67.5 Å². The summed E-state index contributed by atoms with van der Waals surface area (Å²) in [5.41, 5.74) is 6.93. The summed E-state index contributed by atoms with van der Waals surface area (Å²) in [4.78, 5) is 15.7. The van der Waals surface area contributed by atoms with E-state index in [1.165, 1.54) is 13.0 Å². The van der Waals surface area contributed by atoms with E-state index < -0.39 is 11.8 Å². The maximum Gasteiger partial charge on any atom is 0.411 e. The van der Waals surface area contributed by atoms with Gasteiger partial charge >= 0.3 is 6.09 Å². The lowest BCUT2D eigenvalue weighted by atomic mass is 9.96. The zero-order valence-corrected chi connectivity index (χ0v) is 19.2. The normalized spacial score (nSPS) is 16.8. The molecule has 1 aromatic rings. The largest absolute Gasteiger partial charge is 0.450 e. The molecule has 0 aromatic heterocycles. The molecular formula is C23H38FN3O2. The predicted molar refractivity (Wildman–Crippen MR) is 125 cm³/mol. The Hall–Kier alpha value is -2.63. The zero-order valence-electron chi connectivity index (χ0n) is 19.2. The summed E-state index contributed by atoms with van der Waals surface area (Å²) in [7, 11) is 0. The fourth-order valence-electron chi connectivity index (χ4n) is 1.99. The maximum absolute atomic E-state index is 13.6. The molecular weight excluding hydrogens is 369 g/mol. The molecule has 0 fully saturated rings. The van der Waals surface area contributed by atoms with Gasteiger partial charge in [-0.1, -0.05) is 53.7 Å². The third-order valence-corrected chi connectivity index (χ3v) is 3.27. The number of hydrogen-bond donors (Lipinski definition) is 2. The highest BCUT2D eigenvalue weighted by molar-refractivity contribution is 5.90. The summed E-state index contributed by atoms with van der Waals surface area (Å²) in [5.74, 6) is 0. The summed E-state index contributed by atoms with van der Waals surface area (Å²) >= 11 is 0. The van der Waals surface area contributed by atoms with Crippen molar-refractivity contribution in [3.63, 3.8) is 0 Å². The summed E-state index contributed by atoms with van der Waals surface area (Å²) in [5, 5.41) is 2.55. The number of carbonyl (C=O) groups is 1. The second kappa shape index (κ2) is 16.3. The minimum atomic E-state index is -1.29. The van der Waals surface area contributed by atoms with Crippen molar-refractivity contribution in [3.8, 4) is 0 Å². The van der Waals surface area contributed by atoms with Gasteiger partial charge in [-0.2, -0.15) is 0 Å². The first-order valence-corrected chi connectivity index (χ1v) is 10.4. The minimum absolute atomic E-state index is 0.286. The molecule has 29 heavy (non-hydrogen) atoms. The highest BCUT2D eigenvalue weighted by Gasteiger charge is 2.20. The molecule has 6 heteroatoms. The number of rotatable bonds is 4. The van der Waals surface area contributed by atoms with Crippen molar-refractivity contribution in [1.82, 2.24) is 0 Å². The van der Waals surface area contributed by atoms with E-state index in [1.807, 2.05) is 41.5 Å². The number of carbonyl (C=O) groups excluding carboxylic acids is 1. The van der Waals surface area contributed by atoms with E-state index in [0.29, 0.717) is 23.5 Å². The molecule has 1 unspecified atom stereocenters. The van der Waals surface area contributed by atoms with Gasteiger partial charge in [0, 0.05) is 12.6 Å². The molecule has 1 amide bonds. The van der Waals surface area contributed by atoms with Gasteiger partial charge in [0.25, 0.3) is 0 Å². The highest BCUT2D eigenvalue weighted by Crippen LogP contribution is 2.26. The molecule has 0 bridgehead atoms. The molecule has 3 N–H and O–H groups in total. The van der Waals surface area contributed by atoms with Crippen molar-refractivity contribution >= 4 is 29.4 Å². The number of aliphatic imine (C=N–C) groups is 1. The average molecular weight is 408 g/mol. The number of alkyl halides is 1. The minimum Gasteiger partial charge on any atom is -0.450 e. The number of anilines is 2. The van der Waals surface area contributed by atoms with Crippen molar-refractivity contribution < 1.29 is 13.9 Å². The Morgan fingerprint density at radius 1 is 1.28 bits per heavy atom. The Balaban J connectivity index is 0. The number of benzene rings is 1. The number of halogens is 1. The van der Waals surface area contributed by atoms with Gasteiger partial charge in [-0.25, -0.2) is 9.18 Å². The molecule has 0 spiro atoms. The average Bonchev–Trinajstić information content (AvgIpc) is 2.74. The topological polar surface area (TPSA) is 76.7 Å². The standard InChI is InChI=1S/C17H20FN3O2.3C2H6/c1-3-23-16(22)21-15-5-4-13(10-14(15)19)20-11-12-6-8-17(2,18)9-7-12;3*1-2/h4-8,10-11H,3,9,19H2,1-2H3,(H,21,22);3*1-2H3. The van der Waals surface area contributed by atoms with E-state index in [-0.39, 0.29) is 6.61 Å². The number of nitrogens with one attached hydrogen (secondary N) is 1. The van der Waals surface area contributed by atoms with Crippen molar-refractivity contribution in [2.24, 2.45) is 4.99 Å². The number of amides is 1. The molecule has 1 aliphatic carbocycles. The van der Waals surface area contributed by atoms with Gasteiger partial charge in [0.05, 0.1) is 23.7 Å². The van der Waals surface area contributed by atoms with Crippen LogP contribution in [0.25, 0.3) is 0 Å². The first-order valence-electron chi connectivity index (χ1n) is 10.4. The van der Waals surface area contributed by atoms with E-state index in [0.717, 1.165) is 5.57 Å². The third kappa shape index (κ3) is 11.7. The second-order valence-electron chi connectivity index (χ2n) is 5.39. The second-order valence-corrected chi connectivity index (χ2v) is 5.39. The summed E-state index contributed by atoms with van der Waals surface area (Å²) in [6.45, 7) is 15.5. The van der Waals surface area contributed by atoms with Crippen LogP contribution in [0.15, 0.2) is 47.0 Å². The van der Waals surface area contributed by atoms with Crippen LogP contribution in [0.4, 0.5) is 26.2 Å². The van der Waals surface area contributed by atoms with Crippen LogP contribution in [0.1, 0.15) is 61.8 Å². The highest BCUT2D eigenvalue weighted by atomic mass is 19.1. The fourth-order valence-corrected chi connectivity index (χ4v) is 1.99. The van der Waals surface area contributed by atoms with Crippen LogP contribution in [0, 0.1) is 0 Å². The summed E-state index contributed by atoms with van der Waals surface area (Å²) in [6.07, 6.45) is 6.45. The molecule has 1 aromatic carbocycles. The first kappa shape index (κ1) is 28.6. The lowest BCUT2D eigenvalue weighted by molar-refractivity contribution is 0.168. The van der Waals surface area contributed by atoms with E-state index in [4.69, 9.17) is 10.5 Å². The van der Waals surface area contributed by atoms with Gasteiger partial charge < -0.3 is 10.5 Å². The van der Waals surface area contributed by atoms with E-state index in [9.17, 15) is 9.18 Å². The smallest absolute Gasteiger partial charge is 0.411 e. The third-order valence-electron chi connectivity index (χ3n) is 3.27. The van der Waals surface area contributed by atoms with Crippen LogP contribution in [0.3, 0.4) is 0 Å². The maximum atomic E-state index is 13.6. The lowest BCUT2D eigenvalue weighted by Crippen LogP contribution is -2.15. The van der Waals surface area contributed by atoms with E-state index in [2.05, 4.69) is 10.3 Å². The van der Waals surface area contributed by atoms with E-state index >= 15 is 0 Å². The lowest BCUT2D eigenvalue weighted by Gasteiger charge is -2.17. The van der Waals surface area contributed by atoms with Gasteiger partial charge in [0.2, 0.25) is 0 Å². The predicted octanol–water partition coefficient (Wildman–Crippen LogP) is 7.23. The molecule has 164 valence electrons.